The minimum atomic E-state index is -0.0545. The van der Waals surface area contributed by atoms with Crippen LogP contribution in [0, 0.1) is 5.92 Å². The molecule has 5 nitrogen and oxygen atoms in total. The second kappa shape index (κ2) is 6.70. The van der Waals surface area contributed by atoms with Gasteiger partial charge in [-0.15, -0.1) is 0 Å². The van der Waals surface area contributed by atoms with Crippen LogP contribution in [0.2, 0.25) is 0 Å². The van der Waals surface area contributed by atoms with Crippen molar-refractivity contribution in [3.8, 4) is 5.88 Å². The fourth-order valence-electron chi connectivity index (χ4n) is 2.52. The van der Waals surface area contributed by atoms with Crippen molar-refractivity contribution in [1.82, 2.24) is 10.3 Å². The molecule has 5 heteroatoms. The third-order valence-corrected chi connectivity index (χ3v) is 3.56. The molecule has 1 amide bonds. The first-order valence-electron chi connectivity index (χ1n) is 7.21. The largest absolute Gasteiger partial charge is 0.475 e. The minimum Gasteiger partial charge on any atom is -0.475 e. The van der Waals surface area contributed by atoms with Gasteiger partial charge in [0.25, 0.3) is 0 Å². The van der Waals surface area contributed by atoms with E-state index in [0.29, 0.717) is 12.4 Å². The van der Waals surface area contributed by atoms with Crippen molar-refractivity contribution in [1.29, 1.82) is 0 Å². The lowest BCUT2D eigenvalue weighted by molar-refractivity contribution is -0.125. The van der Waals surface area contributed by atoms with E-state index in [2.05, 4.69) is 10.3 Å². The number of nitrogens with two attached hydrogens (primary N) is 1. The maximum Gasteiger partial charge on any atom is 0.224 e. The number of carbonyl (C=O) groups excluding carboxylic acids is 1. The number of nitrogens with zero attached hydrogens (tertiary/aromatic N) is 1. The summed E-state index contributed by atoms with van der Waals surface area (Å²) in [6.45, 7) is 4.33. The summed E-state index contributed by atoms with van der Waals surface area (Å²) in [7, 11) is 0. The van der Waals surface area contributed by atoms with Crippen molar-refractivity contribution in [2.24, 2.45) is 11.7 Å². The Balaban J connectivity index is 1.95. The number of aromatic nitrogens is 1. The summed E-state index contributed by atoms with van der Waals surface area (Å²) in [5, 5.41) is 2.95. The van der Waals surface area contributed by atoms with Crippen LogP contribution in [0.1, 0.15) is 38.7 Å². The average molecular weight is 277 g/mol. The van der Waals surface area contributed by atoms with E-state index in [-0.39, 0.29) is 24.0 Å². The zero-order valence-electron chi connectivity index (χ0n) is 12.1. The zero-order valence-corrected chi connectivity index (χ0v) is 12.1. The van der Waals surface area contributed by atoms with Crippen LogP contribution >= 0.6 is 0 Å². The van der Waals surface area contributed by atoms with Gasteiger partial charge in [0, 0.05) is 24.3 Å². The molecule has 0 spiro atoms. The van der Waals surface area contributed by atoms with Crippen molar-refractivity contribution in [3.05, 3.63) is 23.9 Å². The summed E-state index contributed by atoms with van der Waals surface area (Å²) in [5.74, 6) is 0.564. The minimum absolute atomic E-state index is 0.00437. The van der Waals surface area contributed by atoms with E-state index in [1.165, 1.54) is 0 Å². The maximum absolute atomic E-state index is 12.1. The molecule has 0 radical (unpaired) electrons. The highest BCUT2D eigenvalue weighted by Gasteiger charge is 2.30. The van der Waals surface area contributed by atoms with Gasteiger partial charge < -0.3 is 15.8 Å². The molecule has 110 valence electrons. The molecule has 0 aromatic carbocycles. The molecule has 0 saturated heterocycles. The van der Waals surface area contributed by atoms with Crippen LogP contribution in [0.3, 0.4) is 0 Å². The average Bonchev–Trinajstić information content (AvgIpc) is 2.83. The van der Waals surface area contributed by atoms with E-state index in [1.54, 1.807) is 6.20 Å². The van der Waals surface area contributed by atoms with E-state index in [4.69, 9.17) is 10.5 Å². The van der Waals surface area contributed by atoms with Crippen LogP contribution < -0.4 is 15.8 Å². The molecule has 3 N–H and O–H groups in total. The van der Waals surface area contributed by atoms with Crippen LogP contribution in [0.15, 0.2) is 18.3 Å². The number of rotatable bonds is 5. The highest BCUT2D eigenvalue weighted by Crippen LogP contribution is 2.24. The van der Waals surface area contributed by atoms with Crippen molar-refractivity contribution in [2.45, 2.75) is 51.8 Å². The Hall–Kier alpha value is -1.62. The van der Waals surface area contributed by atoms with Gasteiger partial charge >= 0.3 is 0 Å². The van der Waals surface area contributed by atoms with Crippen LogP contribution in [0.4, 0.5) is 0 Å². The standard InChI is InChI=1S/C15H23N3O2/c1-10(2)20-15-11(5-4-8-17-15)9-18-14(19)12-6-3-7-13(12)16/h4-5,8,10,12-13H,3,6-7,9,16H2,1-2H3,(H,18,19). The molecule has 2 unspecified atom stereocenters. The van der Waals surface area contributed by atoms with Crippen LogP contribution in [0.5, 0.6) is 5.88 Å². The first-order valence-corrected chi connectivity index (χ1v) is 7.21. The molecule has 1 aliphatic rings. The van der Waals surface area contributed by atoms with Crippen molar-refractivity contribution in [2.75, 3.05) is 0 Å². The number of carbonyl (C=O) groups is 1. The molecule has 2 rings (SSSR count). The summed E-state index contributed by atoms with van der Waals surface area (Å²) in [6, 6.07) is 3.76. The monoisotopic (exact) mass is 277 g/mol. The number of amides is 1. The Morgan fingerprint density at radius 2 is 2.35 bits per heavy atom. The van der Waals surface area contributed by atoms with Crippen LogP contribution in [-0.4, -0.2) is 23.0 Å². The van der Waals surface area contributed by atoms with Gasteiger partial charge in [0.05, 0.1) is 12.0 Å². The van der Waals surface area contributed by atoms with E-state index in [1.807, 2.05) is 26.0 Å². The fraction of sp³-hybridized carbons (Fsp3) is 0.600. The Labute approximate surface area is 119 Å². The summed E-state index contributed by atoms with van der Waals surface area (Å²) in [5.41, 5.74) is 6.84. The van der Waals surface area contributed by atoms with Gasteiger partial charge in [0.2, 0.25) is 11.8 Å². The zero-order chi connectivity index (χ0) is 14.5. The van der Waals surface area contributed by atoms with Gasteiger partial charge in [-0.25, -0.2) is 4.98 Å². The first-order chi connectivity index (χ1) is 9.58. The molecule has 1 fully saturated rings. The van der Waals surface area contributed by atoms with Gasteiger partial charge in [-0.2, -0.15) is 0 Å². The van der Waals surface area contributed by atoms with E-state index >= 15 is 0 Å². The summed E-state index contributed by atoms with van der Waals surface area (Å²) >= 11 is 0. The number of nitrogens with one attached hydrogen (secondary N) is 1. The quantitative estimate of drug-likeness (QED) is 0.857. The van der Waals surface area contributed by atoms with Crippen molar-refractivity contribution < 1.29 is 9.53 Å². The predicted molar refractivity (Wildman–Crippen MR) is 77.2 cm³/mol. The van der Waals surface area contributed by atoms with E-state index < -0.39 is 0 Å². The lowest BCUT2D eigenvalue weighted by atomic mass is 10.0. The molecule has 1 aromatic rings. The Morgan fingerprint density at radius 1 is 1.55 bits per heavy atom. The van der Waals surface area contributed by atoms with Gasteiger partial charge in [0.15, 0.2) is 0 Å². The molecule has 20 heavy (non-hydrogen) atoms. The highest BCUT2D eigenvalue weighted by molar-refractivity contribution is 5.79. The summed E-state index contributed by atoms with van der Waals surface area (Å²) in [4.78, 5) is 16.3. The predicted octanol–water partition coefficient (Wildman–Crippen LogP) is 1.61. The maximum atomic E-state index is 12.1. The van der Waals surface area contributed by atoms with Crippen molar-refractivity contribution >= 4 is 5.91 Å². The van der Waals surface area contributed by atoms with Gasteiger partial charge in [-0.1, -0.05) is 12.5 Å². The lowest BCUT2D eigenvalue weighted by Crippen LogP contribution is -2.38. The number of ether oxygens (including phenoxy) is 1. The van der Waals surface area contributed by atoms with Gasteiger partial charge in [-0.3, -0.25) is 4.79 Å². The van der Waals surface area contributed by atoms with Crippen LogP contribution in [-0.2, 0) is 11.3 Å². The molecular formula is C15H23N3O2. The third-order valence-electron chi connectivity index (χ3n) is 3.56. The Kier molecular flexibility index (Phi) is 4.95. The van der Waals surface area contributed by atoms with E-state index in [0.717, 1.165) is 24.8 Å². The number of pyridine rings is 1. The molecule has 1 aromatic heterocycles. The lowest BCUT2D eigenvalue weighted by Gasteiger charge is -2.17. The van der Waals surface area contributed by atoms with E-state index in [9.17, 15) is 4.79 Å². The van der Waals surface area contributed by atoms with Gasteiger partial charge in [0.1, 0.15) is 0 Å². The second-order valence-electron chi connectivity index (χ2n) is 5.55. The third kappa shape index (κ3) is 3.70. The second-order valence-corrected chi connectivity index (χ2v) is 5.55. The topological polar surface area (TPSA) is 77.2 Å². The highest BCUT2D eigenvalue weighted by atomic mass is 16.5. The SMILES string of the molecule is CC(C)Oc1ncccc1CNC(=O)C1CCCC1N. The molecular weight excluding hydrogens is 254 g/mol. The summed E-state index contributed by atoms with van der Waals surface area (Å²) in [6.07, 6.45) is 4.61. The smallest absolute Gasteiger partial charge is 0.224 e. The first kappa shape index (κ1) is 14.8. The number of hydrogen-bond acceptors (Lipinski definition) is 4. The fourth-order valence-corrected chi connectivity index (χ4v) is 2.52. The molecule has 1 aliphatic carbocycles. The Bertz CT molecular complexity index is 462. The Morgan fingerprint density at radius 3 is 3.00 bits per heavy atom. The molecule has 1 heterocycles. The summed E-state index contributed by atoms with van der Waals surface area (Å²) < 4.78 is 5.64. The molecule has 0 bridgehead atoms. The normalized spacial score (nSPS) is 22.0. The molecule has 2 atom stereocenters. The van der Waals surface area contributed by atoms with Crippen molar-refractivity contribution in [3.63, 3.8) is 0 Å². The van der Waals surface area contributed by atoms with Crippen LogP contribution in [0.25, 0.3) is 0 Å². The van der Waals surface area contributed by atoms with Gasteiger partial charge in [-0.05, 0) is 32.8 Å². The molecule has 0 aliphatic heterocycles. The number of hydrogen-bond donors (Lipinski definition) is 2. The molecule has 1 saturated carbocycles.